The van der Waals surface area contributed by atoms with Gasteiger partial charge in [-0.2, -0.15) is 5.10 Å². The van der Waals surface area contributed by atoms with Crippen molar-refractivity contribution in [1.82, 2.24) is 9.78 Å². The molecular weight excluding hydrogens is 492 g/mol. The van der Waals surface area contributed by atoms with Crippen LogP contribution in [0.1, 0.15) is 29.4 Å². The standard InChI is InChI=1S/C31H32N4O4/c1-21(36)37-13-11-24-7-3-4-9-29(24)38-20-23-15-26-17-27(19-33-30-10-12-35(2)34-30)39-31(26)28(16-23)25-8-5-6-22(14-25)18-32/h3-10,12,14-17H,11,13,18-20,32H2,1-2H3,(H,33,34). The summed E-state index contributed by atoms with van der Waals surface area (Å²) in [7, 11) is 1.88. The van der Waals surface area contributed by atoms with Gasteiger partial charge < -0.3 is 24.9 Å². The first-order valence-electron chi connectivity index (χ1n) is 12.9. The van der Waals surface area contributed by atoms with Crippen molar-refractivity contribution < 1.29 is 18.7 Å². The van der Waals surface area contributed by atoms with Crippen molar-refractivity contribution in [1.29, 1.82) is 0 Å². The number of benzene rings is 3. The molecule has 3 N–H and O–H groups in total. The number of nitrogens with zero attached hydrogens (tertiary/aromatic N) is 2. The van der Waals surface area contributed by atoms with E-state index in [1.165, 1.54) is 6.92 Å². The smallest absolute Gasteiger partial charge is 0.302 e. The zero-order valence-electron chi connectivity index (χ0n) is 22.1. The maximum Gasteiger partial charge on any atom is 0.302 e. The van der Waals surface area contributed by atoms with Crippen molar-refractivity contribution in [2.75, 3.05) is 11.9 Å². The van der Waals surface area contributed by atoms with E-state index in [2.05, 4.69) is 40.7 Å². The fraction of sp³-hybridized carbons (Fsp3) is 0.226. The number of carbonyl (C=O) groups is 1. The number of esters is 1. The van der Waals surface area contributed by atoms with Crippen molar-refractivity contribution >= 4 is 22.8 Å². The van der Waals surface area contributed by atoms with E-state index in [1.54, 1.807) is 4.68 Å². The molecule has 200 valence electrons. The van der Waals surface area contributed by atoms with Crippen LogP contribution in [0, 0.1) is 0 Å². The molecule has 8 heteroatoms. The second-order valence-electron chi connectivity index (χ2n) is 9.39. The maximum atomic E-state index is 11.2. The monoisotopic (exact) mass is 524 g/mol. The molecule has 2 aromatic heterocycles. The minimum Gasteiger partial charge on any atom is -0.489 e. The van der Waals surface area contributed by atoms with E-state index in [4.69, 9.17) is 19.6 Å². The number of anilines is 1. The molecule has 0 saturated carbocycles. The van der Waals surface area contributed by atoms with E-state index in [1.807, 2.05) is 55.7 Å². The molecule has 0 amide bonds. The summed E-state index contributed by atoms with van der Waals surface area (Å²) in [6.07, 6.45) is 2.48. The van der Waals surface area contributed by atoms with E-state index in [0.717, 1.165) is 56.1 Å². The van der Waals surface area contributed by atoms with Crippen LogP contribution >= 0.6 is 0 Å². The third-order valence-corrected chi connectivity index (χ3v) is 6.40. The number of para-hydroxylation sites is 1. The third kappa shape index (κ3) is 6.48. The van der Waals surface area contributed by atoms with Crippen molar-refractivity contribution in [3.63, 3.8) is 0 Å². The van der Waals surface area contributed by atoms with Gasteiger partial charge in [0.05, 0.1) is 13.2 Å². The van der Waals surface area contributed by atoms with Gasteiger partial charge in [-0.3, -0.25) is 9.48 Å². The van der Waals surface area contributed by atoms with Crippen LogP contribution in [0.15, 0.2) is 83.4 Å². The van der Waals surface area contributed by atoms with Crippen LogP contribution in [-0.4, -0.2) is 22.4 Å². The summed E-state index contributed by atoms with van der Waals surface area (Å²) in [6.45, 7) is 3.07. The van der Waals surface area contributed by atoms with Gasteiger partial charge >= 0.3 is 5.97 Å². The van der Waals surface area contributed by atoms with Crippen LogP contribution in [0.2, 0.25) is 0 Å². The highest BCUT2D eigenvalue weighted by Gasteiger charge is 2.14. The Morgan fingerprint density at radius 2 is 1.92 bits per heavy atom. The molecule has 39 heavy (non-hydrogen) atoms. The van der Waals surface area contributed by atoms with Crippen LogP contribution in [-0.2, 0) is 42.7 Å². The number of hydrogen-bond acceptors (Lipinski definition) is 7. The molecule has 0 aliphatic carbocycles. The molecule has 0 unspecified atom stereocenters. The second-order valence-corrected chi connectivity index (χ2v) is 9.39. The normalized spacial score (nSPS) is 11.1. The third-order valence-electron chi connectivity index (χ3n) is 6.40. The van der Waals surface area contributed by atoms with E-state index in [-0.39, 0.29) is 5.97 Å². The summed E-state index contributed by atoms with van der Waals surface area (Å²) in [5.41, 5.74) is 11.8. The number of rotatable bonds is 11. The number of carbonyl (C=O) groups excluding carboxylic acids is 1. The van der Waals surface area contributed by atoms with Crippen molar-refractivity contribution in [2.24, 2.45) is 12.8 Å². The van der Waals surface area contributed by atoms with Crippen molar-refractivity contribution in [3.05, 3.63) is 101 Å². The van der Waals surface area contributed by atoms with Gasteiger partial charge in [0.2, 0.25) is 0 Å². The molecule has 0 radical (unpaired) electrons. The molecule has 0 aliphatic heterocycles. The first kappa shape index (κ1) is 26.1. The molecule has 3 aromatic carbocycles. The fourth-order valence-electron chi connectivity index (χ4n) is 4.52. The predicted octanol–water partition coefficient (Wildman–Crippen LogP) is 5.59. The fourth-order valence-corrected chi connectivity index (χ4v) is 4.52. The van der Waals surface area contributed by atoms with Crippen molar-refractivity contribution in [3.8, 4) is 16.9 Å². The predicted molar refractivity (Wildman–Crippen MR) is 151 cm³/mol. The highest BCUT2D eigenvalue weighted by molar-refractivity contribution is 5.93. The van der Waals surface area contributed by atoms with Crippen LogP contribution in [0.3, 0.4) is 0 Å². The van der Waals surface area contributed by atoms with Gasteiger partial charge in [0.25, 0.3) is 0 Å². The van der Waals surface area contributed by atoms with E-state index < -0.39 is 0 Å². The first-order valence-corrected chi connectivity index (χ1v) is 12.9. The van der Waals surface area contributed by atoms with Crippen molar-refractivity contribution in [2.45, 2.75) is 33.0 Å². The molecule has 5 rings (SSSR count). The van der Waals surface area contributed by atoms with E-state index in [0.29, 0.717) is 32.7 Å². The lowest BCUT2D eigenvalue weighted by Gasteiger charge is -2.13. The molecule has 0 saturated heterocycles. The molecule has 2 heterocycles. The molecular formula is C31H32N4O4. The molecule has 0 bridgehead atoms. The van der Waals surface area contributed by atoms with Gasteiger partial charge in [-0.1, -0.05) is 36.4 Å². The summed E-state index contributed by atoms with van der Waals surface area (Å²) in [5, 5.41) is 8.68. The number of ether oxygens (including phenoxy) is 2. The molecule has 0 atom stereocenters. The van der Waals surface area contributed by atoms with E-state index >= 15 is 0 Å². The first-order chi connectivity index (χ1) is 19.0. The van der Waals surface area contributed by atoms with E-state index in [9.17, 15) is 4.79 Å². The Morgan fingerprint density at radius 3 is 2.72 bits per heavy atom. The van der Waals surface area contributed by atoms with Gasteiger partial charge in [-0.05, 0) is 52.6 Å². The number of aryl methyl sites for hydroxylation is 1. The summed E-state index contributed by atoms with van der Waals surface area (Å²) in [4.78, 5) is 11.2. The SMILES string of the molecule is CC(=O)OCCc1ccccc1OCc1cc(-c2cccc(CN)c2)c2oc(CNc3ccn(C)n3)cc2c1. The topological polar surface area (TPSA) is 105 Å². The number of aromatic nitrogens is 2. The van der Waals surface area contributed by atoms with Crippen LogP contribution in [0.5, 0.6) is 5.75 Å². The molecule has 5 aromatic rings. The Labute approximate surface area is 227 Å². The number of fused-ring (bicyclic) bond motifs is 1. The average Bonchev–Trinajstić information content (AvgIpc) is 3.56. The molecule has 0 spiro atoms. The highest BCUT2D eigenvalue weighted by atomic mass is 16.5. The molecule has 8 nitrogen and oxygen atoms in total. The minimum atomic E-state index is -0.289. The van der Waals surface area contributed by atoms with Gasteiger partial charge in [0.15, 0.2) is 0 Å². The Kier molecular flexibility index (Phi) is 7.94. The van der Waals surface area contributed by atoms with Crippen LogP contribution in [0.25, 0.3) is 22.1 Å². The number of furan rings is 1. The average molecular weight is 525 g/mol. The Hall–Kier alpha value is -4.56. The van der Waals surface area contributed by atoms with Gasteiger partial charge in [-0.15, -0.1) is 0 Å². The summed E-state index contributed by atoms with van der Waals surface area (Å²) >= 11 is 0. The lowest BCUT2D eigenvalue weighted by Crippen LogP contribution is -2.05. The Bertz CT molecular complexity index is 1590. The van der Waals surface area contributed by atoms with Crippen LogP contribution < -0.4 is 15.8 Å². The molecule has 0 aliphatic rings. The number of hydrogen-bond donors (Lipinski definition) is 2. The summed E-state index contributed by atoms with van der Waals surface area (Å²) < 4.78 is 19.5. The van der Waals surface area contributed by atoms with Gasteiger partial charge in [0, 0.05) is 50.1 Å². The second kappa shape index (κ2) is 11.9. The summed E-state index contributed by atoms with van der Waals surface area (Å²) in [6, 6.07) is 24.2. The Balaban J connectivity index is 1.43. The largest absolute Gasteiger partial charge is 0.489 e. The Morgan fingerprint density at radius 1 is 1.05 bits per heavy atom. The molecule has 0 fully saturated rings. The lowest BCUT2D eigenvalue weighted by atomic mass is 9.99. The lowest BCUT2D eigenvalue weighted by molar-refractivity contribution is -0.140. The number of nitrogens with one attached hydrogen (secondary N) is 1. The summed E-state index contributed by atoms with van der Waals surface area (Å²) in [5.74, 6) is 2.07. The van der Waals surface area contributed by atoms with Gasteiger partial charge in [-0.25, -0.2) is 0 Å². The minimum absolute atomic E-state index is 0.289. The zero-order chi connectivity index (χ0) is 27.2. The quantitative estimate of drug-likeness (QED) is 0.217. The highest BCUT2D eigenvalue weighted by Crippen LogP contribution is 2.34. The van der Waals surface area contributed by atoms with Crippen LogP contribution in [0.4, 0.5) is 5.82 Å². The van der Waals surface area contributed by atoms with Gasteiger partial charge in [0.1, 0.15) is 29.5 Å². The zero-order valence-corrected chi connectivity index (χ0v) is 22.1. The number of nitrogens with two attached hydrogens (primary N) is 1. The maximum absolute atomic E-state index is 11.2.